The van der Waals surface area contributed by atoms with Crippen molar-refractivity contribution >= 4 is 16.8 Å². The van der Waals surface area contributed by atoms with Crippen LogP contribution in [-0.2, 0) is 4.79 Å². The van der Waals surface area contributed by atoms with Gasteiger partial charge >= 0.3 is 0 Å². The molecular formula is C26H33N3O3. The summed E-state index contributed by atoms with van der Waals surface area (Å²) in [6, 6.07) is 12.8. The Morgan fingerprint density at radius 3 is 2.44 bits per heavy atom. The highest BCUT2D eigenvalue weighted by Crippen LogP contribution is 2.40. The molecule has 3 N–H and O–H groups in total. The third kappa shape index (κ3) is 4.07. The SMILES string of the molecule is COc1ccc(-c2[nH]c3ccc(C4CCN(C(=O)CN)CC4)cc3c2C(C)C)cc1OC. The van der Waals surface area contributed by atoms with Crippen molar-refractivity contribution < 1.29 is 14.3 Å². The summed E-state index contributed by atoms with van der Waals surface area (Å²) in [4.78, 5) is 17.4. The molecule has 2 aromatic carbocycles. The number of rotatable bonds is 6. The van der Waals surface area contributed by atoms with Gasteiger partial charge in [0, 0.05) is 29.6 Å². The minimum atomic E-state index is 0.0474. The Morgan fingerprint density at radius 1 is 1.09 bits per heavy atom. The Kier molecular flexibility index (Phi) is 6.42. The number of nitrogens with one attached hydrogen (secondary N) is 1. The number of nitrogens with two attached hydrogens (primary N) is 1. The van der Waals surface area contributed by atoms with Gasteiger partial charge in [0.2, 0.25) is 5.91 Å². The fraction of sp³-hybridized carbons (Fsp3) is 0.423. The summed E-state index contributed by atoms with van der Waals surface area (Å²) in [5.41, 5.74) is 11.5. The molecule has 1 amide bonds. The molecule has 0 unspecified atom stereocenters. The van der Waals surface area contributed by atoms with Crippen LogP contribution in [0.15, 0.2) is 36.4 Å². The average molecular weight is 436 g/mol. The highest BCUT2D eigenvalue weighted by atomic mass is 16.5. The van der Waals surface area contributed by atoms with E-state index in [1.165, 1.54) is 16.5 Å². The molecule has 1 aromatic heterocycles. The normalized spacial score (nSPS) is 14.9. The summed E-state index contributed by atoms with van der Waals surface area (Å²) in [7, 11) is 3.31. The first-order valence-corrected chi connectivity index (χ1v) is 11.3. The second-order valence-electron chi connectivity index (χ2n) is 8.80. The van der Waals surface area contributed by atoms with Crippen LogP contribution in [0.5, 0.6) is 11.5 Å². The predicted octanol–water partition coefficient (Wildman–Crippen LogP) is 4.64. The monoisotopic (exact) mass is 435 g/mol. The molecule has 0 radical (unpaired) electrons. The van der Waals surface area contributed by atoms with Crippen molar-refractivity contribution in [3.8, 4) is 22.8 Å². The number of H-pyrrole nitrogens is 1. The molecule has 6 heteroatoms. The van der Waals surface area contributed by atoms with E-state index in [0.29, 0.717) is 11.8 Å². The number of nitrogens with zero attached hydrogens (tertiary/aromatic N) is 1. The number of ether oxygens (including phenoxy) is 2. The molecule has 170 valence electrons. The topological polar surface area (TPSA) is 80.6 Å². The maximum Gasteiger partial charge on any atom is 0.236 e. The van der Waals surface area contributed by atoms with Crippen LogP contribution < -0.4 is 15.2 Å². The summed E-state index contributed by atoms with van der Waals surface area (Å²) in [6.45, 7) is 6.11. The number of amides is 1. The van der Waals surface area contributed by atoms with Crippen molar-refractivity contribution in [1.29, 1.82) is 0 Å². The lowest BCUT2D eigenvalue weighted by Crippen LogP contribution is -2.41. The van der Waals surface area contributed by atoms with E-state index in [2.05, 4.69) is 43.1 Å². The van der Waals surface area contributed by atoms with Gasteiger partial charge in [0.15, 0.2) is 11.5 Å². The summed E-state index contributed by atoms with van der Waals surface area (Å²) >= 11 is 0. The van der Waals surface area contributed by atoms with Gasteiger partial charge in [-0.05, 0) is 66.1 Å². The van der Waals surface area contributed by atoms with Gasteiger partial charge in [-0.15, -0.1) is 0 Å². The first kappa shape index (κ1) is 22.2. The van der Waals surface area contributed by atoms with E-state index in [1.54, 1.807) is 14.2 Å². The quantitative estimate of drug-likeness (QED) is 0.591. The van der Waals surface area contributed by atoms with Crippen LogP contribution in [0.25, 0.3) is 22.2 Å². The minimum Gasteiger partial charge on any atom is -0.493 e. The van der Waals surface area contributed by atoms with Gasteiger partial charge in [-0.2, -0.15) is 0 Å². The van der Waals surface area contributed by atoms with Gasteiger partial charge in [-0.1, -0.05) is 19.9 Å². The minimum absolute atomic E-state index is 0.0474. The molecule has 4 rings (SSSR count). The molecule has 1 aliphatic heterocycles. The standard InChI is InChI=1S/C26H33N3O3/c1-16(2)25-20-13-18(17-9-11-29(12-10-17)24(30)15-27)5-7-21(20)28-26(25)19-6-8-22(31-3)23(14-19)32-4/h5-8,13-14,16-17,28H,9-12,15,27H2,1-4H3. The molecule has 1 fully saturated rings. The van der Waals surface area contributed by atoms with Crippen LogP contribution in [0, 0.1) is 0 Å². The predicted molar refractivity (Wildman–Crippen MR) is 129 cm³/mol. The second-order valence-corrected chi connectivity index (χ2v) is 8.80. The molecule has 0 bridgehead atoms. The highest BCUT2D eigenvalue weighted by molar-refractivity contribution is 5.92. The number of carbonyl (C=O) groups is 1. The Labute approximate surface area is 189 Å². The average Bonchev–Trinajstić information content (AvgIpc) is 3.22. The zero-order chi connectivity index (χ0) is 22.8. The number of likely N-dealkylation sites (tertiary alicyclic amines) is 1. The number of piperidine rings is 1. The number of aromatic nitrogens is 1. The third-order valence-corrected chi connectivity index (χ3v) is 6.61. The van der Waals surface area contributed by atoms with Crippen LogP contribution in [0.3, 0.4) is 0 Å². The lowest BCUT2D eigenvalue weighted by Gasteiger charge is -2.32. The van der Waals surface area contributed by atoms with Crippen LogP contribution >= 0.6 is 0 Å². The van der Waals surface area contributed by atoms with Crippen LogP contribution in [0.2, 0.25) is 0 Å². The van der Waals surface area contributed by atoms with E-state index in [1.807, 2.05) is 17.0 Å². The maximum absolute atomic E-state index is 11.9. The van der Waals surface area contributed by atoms with Crippen molar-refractivity contribution in [1.82, 2.24) is 9.88 Å². The molecule has 0 spiro atoms. The lowest BCUT2D eigenvalue weighted by molar-refractivity contribution is -0.130. The Balaban J connectivity index is 1.70. The fourth-order valence-corrected chi connectivity index (χ4v) is 4.89. The van der Waals surface area contributed by atoms with E-state index in [4.69, 9.17) is 15.2 Å². The molecule has 1 saturated heterocycles. The number of hydrogen-bond acceptors (Lipinski definition) is 4. The first-order chi connectivity index (χ1) is 15.5. The molecular weight excluding hydrogens is 402 g/mol. The van der Waals surface area contributed by atoms with E-state index in [0.717, 1.165) is 54.2 Å². The molecule has 3 aromatic rings. The van der Waals surface area contributed by atoms with Crippen molar-refractivity contribution in [3.05, 3.63) is 47.5 Å². The molecule has 0 saturated carbocycles. The van der Waals surface area contributed by atoms with Gasteiger partial charge < -0.3 is 25.1 Å². The summed E-state index contributed by atoms with van der Waals surface area (Å²) in [6.07, 6.45) is 1.95. The zero-order valence-corrected chi connectivity index (χ0v) is 19.4. The summed E-state index contributed by atoms with van der Waals surface area (Å²) in [5.74, 6) is 2.30. The van der Waals surface area contributed by atoms with E-state index in [-0.39, 0.29) is 12.5 Å². The molecule has 0 atom stereocenters. The lowest BCUT2D eigenvalue weighted by atomic mass is 9.87. The molecule has 1 aliphatic rings. The number of hydrogen-bond donors (Lipinski definition) is 2. The zero-order valence-electron chi connectivity index (χ0n) is 19.4. The van der Waals surface area contributed by atoms with E-state index in [9.17, 15) is 4.79 Å². The Bertz CT molecular complexity index is 1110. The van der Waals surface area contributed by atoms with Crippen molar-refractivity contribution in [2.45, 2.75) is 38.5 Å². The highest BCUT2D eigenvalue weighted by Gasteiger charge is 2.24. The van der Waals surface area contributed by atoms with Crippen molar-refractivity contribution in [2.75, 3.05) is 33.9 Å². The maximum atomic E-state index is 11.9. The van der Waals surface area contributed by atoms with Gasteiger partial charge in [0.25, 0.3) is 0 Å². The van der Waals surface area contributed by atoms with Gasteiger partial charge in [-0.25, -0.2) is 0 Å². The van der Waals surface area contributed by atoms with Gasteiger partial charge in [-0.3, -0.25) is 4.79 Å². The van der Waals surface area contributed by atoms with Crippen molar-refractivity contribution in [2.24, 2.45) is 5.73 Å². The molecule has 6 nitrogen and oxygen atoms in total. The molecule has 2 heterocycles. The van der Waals surface area contributed by atoms with Crippen LogP contribution in [0.4, 0.5) is 0 Å². The number of methoxy groups -OCH3 is 2. The number of aromatic amines is 1. The first-order valence-electron chi connectivity index (χ1n) is 11.3. The van der Waals surface area contributed by atoms with Gasteiger partial charge in [0.1, 0.15) is 0 Å². The van der Waals surface area contributed by atoms with Crippen LogP contribution in [-0.4, -0.2) is 49.6 Å². The van der Waals surface area contributed by atoms with Crippen molar-refractivity contribution in [3.63, 3.8) is 0 Å². The van der Waals surface area contributed by atoms with Crippen LogP contribution in [0.1, 0.15) is 49.7 Å². The number of fused-ring (bicyclic) bond motifs is 1. The smallest absolute Gasteiger partial charge is 0.236 e. The fourth-order valence-electron chi connectivity index (χ4n) is 4.89. The summed E-state index contributed by atoms with van der Waals surface area (Å²) < 4.78 is 10.9. The van der Waals surface area contributed by atoms with E-state index >= 15 is 0 Å². The summed E-state index contributed by atoms with van der Waals surface area (Å²) in [5, 5.41) is 1.27. The Hall–Kier alpha value is -2.99. The largest absolute Gasteiger partial charge is 0.493 e. The van der Waals surface area contributed by atoms with E-state index < -0.39 is 0 Å². The second kappa shape index (κ2) is 9.25. The molecule has 0 aliphatic carbocycles. The van der Waals surface area contributed by atoms with Gasteiger partial charge in [0.05, 0.1) is 26.5 Å². The number of benzene rings is 2. The molecule has 32 heavy (non-hydrogen) atoms. The third-order valence-electron chi connectivity index (χ3n) is 6.61. The Morgan fingerprint density at radius 2 is 1.81 bits per heavy atom. The number of carbonyl (C=O) groups excluding carboxylic acids is 1.